The summed E-state index contributed by atoms with van der Waals surface area (Å²) in [4.78, 5) is 17.0. The highest BCUT2D eigenvalue weighted by Gasteiger charge is 2.25. The molecule has 2 aliphatic heterocycles. The van der Waals surface area contributed by atoms with Crippen molar-refractivity contribution in [2.75, 3.05) is 13.1 Å². The van der Waals surface area contributed by atoms with Gasteiger partial charge in [0.2, 0.25) is 5.91 Å². The molecular formula is C18H30N4O. The molecule has 3 rings (SSSR count). The first-order valence-electron chi connectivity index (χ1n) is 8.98. The van der Waals surface area contributed by atoms with E-state index in [4.69, 9.17) is 4.98 Å². The van der Waals surface area contributed by atoms with Crippen LogP contribution in [0.3, 0.4) is 0 Å². The van der Waals surface area contributed by atoms with E-state index in [1.54, 1.807) is 0 Å². The molecular weight excluding hydrogens is 288 g/mol. The number of aromatic nitrogens is 2. The van der Waals surface area contributed by atoms with E-state index >= 15 is 0 Å². The molecule has 0 saturated carbocycles. The summed E-state index contributed by atoms with van der Waals surface area (Å²) in [5, 5.41) is 6.58. The lowest BCUT2D eigenvalue weighted by Crippen LogP contribution is -2.40. The van der Waals surface area contributed by atoms with E-state index in [1.165, 1.54) is 6.42 Å². The fourth-order valence-corrected chi connectivity index (χ4v) is 3.52. The second-order valence-corrected chi connectivity index (χ2v) is 8.15. The van der Waals surface area contributed by atoms with Crippen LogP contribution in [-0.2, 0) is 23.2 Å². The van der Waals surface area contributed by atoms with Gasteiger partial charge in [0, 0.05) is 37.0 Å². The van der Waals surface area contributed by atoms with Gasteiger partial charge >= 0.3 is 0 Å². The van der Waals surface area contributed by atoms with Crippen molar-refractivity contribution in [2.24, 2.45) is 5.92 Å². The van der Waals surface area contributed by atoms with E-state index < -0.39 is 0 Å². The molecule has 128 valence electrons. The predicted octanol–water partition coefficient (Wildman–Crippen LogP) is 2.00. The van der Waals surface area contributed by atoms with Gasteiger partial charge in [0.25, 0.3) is 0 Å². The Morgan fingerprint density at radius 2 is 2.26 bits per heavy atom. The zero-order valence-electron chi connectivity index (χ0n) is 14.7. The SMILES string of the molecule is CC(C)(C)c1cn2c(n1)CCC(NC(=O)CCC1CCNC1)C2. The Morgan fingerprint density at radius 1 is 1.43 bits per heavy atom. The van der Waals surface area contributed by atoms with Crippen molar-refractivity contribution in [2.45, 2.75) is 70.9 Å². The summed E-state index contributed by atoms with van der Waals surface area (Å²) in [6.45, 7) is 9.61. The van der Waals surface area contributed by atoms with Gasteiger partial charge in [-0.15, -0.1) is 0 Å². The standard InChI is InChI=1S/C18H30N4O/c1-18(2,3)15-12-22-11-14(5-6-16(22)21-15)20-17(23)7-4-13-8-9-19-10-13/h12-14,19H,4-11H2,1-3H3,(H,20,23). The number of imidazole rings is 1. The van der Waals surface area contributed by atoms with E-state index in [1.807, 2.05) is 0 Å². The zero-order chi connectivity index (χ0) is 16.4. The summed E-state index contributed by atoms with van der Waals surface area (Å²) in [5.74, 6) is 2.06. The van der Waals surface area contributed by atoms with E-state index in [-0.39, 0.29) is 17.4 Å². The second-order valence-electron chi connectivity index (χ2n) is 8.15. The van der Waals surface area contributed by atoms with E-state index in [0.29, 0.717) is 12.3 Å². The number of hydrogen-bond donors (Lipinski definition) is 2. The zero-order valence-corrected chi connectivity index (χ0v) is 14.7. The molecule has 3 heterocycles. The van der Waals surface area contributed by atoms with Crippen LogP contribution in [0, 0.1) is 5.92 Å². The minimum absolute atomic E-state index is 0.0817. The third-order valence-electron chi connectivity index (χ3n) is 5.07. The van der Waals surface area contributed by atoms with Gasteiger partial charge in [0.1, 0.15) is 5.82 Å². The molecule has 2 N–H and O–H groups in total. The van der Waals surface area contributed by atoms with Crippen LogP contribution < -0.4 is 10.6 Å². The summed E-state index contributed by atoms with van der Waals surface area (Å²) in [5.41, 5.74) is 1.23. The number of rotatable bonds is 4. The maximum atomic E-state index is 12.2. The summed E-state index contributed by atoms with van der Waals surface area (Å²) in [6.07, 6.45) is 7.00. The lowest BCUT2D eigenvalue weighted by atomic mass is 9.93. The van der Waals surface area contributed by atoms with Gasteiger partial charge in [-0.25, -0.2) is 4.98 Å². The van der Waals surface area contributed by atoms with Crippen molar-refractivity contribution in [1.29, 1.82) is 0 Å². The molecule has 0 spiro atoms. The molecule has 1 aromatic rings. The highest BCUT2D eigenvalue weighted by molar-refractivity contribution is 5.76. The molecule has 1 saturated heterocycles. The first kappa shape index (κ1) is 16.5. The number of carbonyl (C=O) groups is 1. The number of nitrogens with one attached hydrogen (secondary N) is 2. The lowest BCUT2D eigenvalue weighted by Gasteiger charge is -2.25. The van der Waals surface area contributed by atoms with Gasteiger partial charge in [0.15, 0.2) is 0 Å². The van der Waals surface area contributed by atoms with Gasteiger partial charge in [0.05, 0.1) is 5.69 Å². The Kier molecular flexibility index (Phi) is 4.76. The molecule has 5 nitrogen and oxygen atoms in total. The molecule has 23 heavy (non-hydrogen) atoms. The minimum Gasteiger partial charge on any atom is -0.352 e. The van der Waals surface area contributed by atoms with Crippen LogP contribution in [0.25, 0.3) is 0 Å². The van der Waals surface area contributed by atoms with Crippen LogP contribution in [0.4, 0.5) is 0 Å². The normalized spacial score (nSPS) is 24.5. The molecule has 0 bridgehead atoms. The number of amides is 1. The van der Waals surface area contributed by atoms with Gasteiger partial charge < -0.3 is 15.2 Å². The molecule has 5 heteroatoms. The van der Waals surface area contributed by atoms with E-state index in [2.05, 4.69) is 42.2 Å². The molecule has 1 amide bonds. The number of aryl methyl sites for hydroxylation is 1. The highest BCUT2D eigenvalue weighted by atomic mass is 16.1. The molecule has 1 fully saturated rings. The van der Waals surface area contributed by atoms with Crippen molar-refractivity contribution in [1.82, 2.24) is 20.2 Å². The van der Waals surface area contributed by atoms with Crippen molar-refractivity contribution in [3.63, 3.8) is 0 Å². The monoisotopic (exact) mass is 318 g/mol. The van der Waals surface area contributed by atoms with Crippen LogP contribution in [0.5, 0.6) is 0 Å². The average molecular weight is 318 g/mol. The quantitative estimate of drug-likeness (QED) is 0.893. The number of carbonyl (C=O) groups excluding carboxylic acids is 1. The molecule has 0 radical (unpaired) electrons. The topological polar surface area (TPSA) is 59.0 Å². The molecule has 0 aliphatic carbocycles. The smallest absolute Gasteiger partial charge is 0.220 e. The van der Waals surface area contributed by atoms with Gasteiger partial charge in [-0.05, 0) is 38.3 Å². The summed E-state index contributed by atoms with van der Waals surface area (Å²) in [6, 6.07) is 0.249. The van der Waals surface area contributed by atoms with Crippen LogP contribution in [0.2, 0.25) is 0 Å². The Labute approximate surface area is 139 Å². The summed E-state index contributed by atoms with van der Waals surface area (Å²) >= 11 is 0. The fraction of sp³-hybridized carbons (Fsp3) is 0.778. The van der Waals surface area contributed by atoms with E-state index in [0.717, 1.165) is 50.4 Å². The van der Waals surface area contributed by atoms with E-state index in [9.17, 15) is 4.79 Å². The van der Waals surface area contributed by atoms with Gasteiger partial charge in [-0.2, -0.15) is 0 Å². The average Bonchev–Trinajstić information content (AvgIpc) is 3.13. The summed E-state index contributed by atoms with van der Waals surface area (Å²) in [7, 11) is 0. The third-order valence-corrected chi connectivity index (χ3v) is 5.07. The Hall–Kier alpha value is -1.36. The van der Waals surface area contributed by atoms with Crippen LogP contribution in [0.1, 0.15) is 58.0 Å². The van der Waals surface area contributed by atoms with Crippen LogP contribution in [0.15, 0.2) is 6.20 Å². The van der Waals surface area contributed by atoms with Crippen molar-refractivity contribution in [3.05, 3.63) is 17.7 Å². The van der Waals surface area contributed by atoms with Crippen LogP contribution >= 0.6 is 0 Å². The summed E-state index contributed by atoms with van der Waals surface area (Å²) < 4.78 is 2.23. The lowest BCUT2D eigenvalue weighted by molar-refractivity contribution is -0.122. The first-order valence-corrected chi connectivity index (χ1v) is 8.98. The largest absolute Gasteiger partial charge is 0.352 e. The molecule has 1 aromatic heterocycles. The number of fused-ring (bicyclic) bond motifs is 1. The van der Waals surface area contributed by atoms with Gasteiger partial charge in [-0.1, -0.05) is 20.8 Å². The Balaban J connectivity index is 1.50. The second kappa shape index (κ2) is 6.63. The van der Waals surface area contributed by atoms with Gasteiger partial charge in [-0.3, -0.25) is 4.79 Å². The fourth-order valence-electron chi connectivity index (χ4n) is 3.52. The molecule has 0 aromatic carbocycles. The maximum Gasteiger partial charge on any atom is 0.220 e. The Morgan fingerprint density at radius 3 is 2.96 bits per heavy atom. The molecule has 2 unspecified atom stereocenters. The number of hydrogen-bond acceptors (Lipinski definition) is 3. The minimum atomic E-state index is 0.0817. The van der Waals surface area contributed by atoms with Crippen LogP contribution in [-0.4, -0.2) is 34.6 Å². The Bertz CT molecular complexity index is 552. The predicted molar refractivity (Wildman–Crippen MR) is 91.4 cm³/mol. The maximum absolute atomic E-state index is 12.2. The third kappa shape index (κ3) is 4.14. The van der Waals surface area contributed by atoms with Crippen molar-refractivity contribution < 1.29 is 4.79 Å². The molecule has 2 aliphatic rings. The molecule has 2 atom stereocenters. The van der Waals surface area contributed by atoms with Crippen molar-refractivity contribution in [3.8, 4) is 0 Å². The highest BCUT2D eigenvalue weighted by Crippen LogP contribution is 2.24. The number of nitrogens with zero attached hydrogens (tertiary/aromatic N) is 2. The van der Waals surface area contributed by atoms with Crippen molar-refractivity contribution >= 4 is 5.91 Å². The first-order chi connectivity index (χ1) is 10.9.